The Morgan fingerprint density at radius 2 is 2.08 bits per heavy atom. The van der Waals surface area contributed by atoms with E-state index in [4.69, 9.17) is 5.73 Å². The number of nitrogens with two attached hydrogens (primary N) is 1. The molecular formula is C10H9BrN2. The van der Waals surface area contributed by atoms with E-state index in [0.717, 1.165) is 26.6 Å². The summed E-state index contributed by atoms with van der Waals surface area (Å²) in [6.07, 6.45) is 1.78. The molecule has 2 N–H and O–H groups in total. The maximum absolute atomic E-state index is 5.85. The van der Waals surface area contributed by atoms with E-state index in [-0.39, 0.29) is 0 Å². The van der Waals surface area contributed by atoms with Crippen LogP contribution in [0.5, 0.6) is 0 Å². The van der Waals surface area contributed by atoms with Gasteiger partial charge in [-0.25, -0.2) is 0 Å². The first kappa shape index (κ1) is 8.51. The molecular weight excluding hydrogens is 228 g/mol. The van der Waals surface area contributed by atoms with Crippen LogP contribution in [0.4, 0.5) is 5.69 Å². The SMILES string of the molecule is Cc1nccc2c(N)ccc(Br)c12. The molecule has 0 aliphatic carbocycles. The molecule has 2 nitrogen and oxygen atoms in total. The molecule has 2 aromatic rings. The molecule has 1 aromatic carbocycles. The summed E-state index contributed by atoms with van der Waals surface area (Å²) in [5, 5.41) is 2.16. The average molecular weight is 237 g/mol. The quantitative estimate of drug-likeness (QED) is 0.715. The number of aromatic nitrogens is 1. The Morgan fingerprint density at radius 3 is 2.77 bits per heavy atom. The molecule has 0 unspecified atom stereocenters. The highest BCUT2D eigenvalue weighted by atomic mass is 79.9. The molecule has 0 amide bonds. The van der Waals surface area contributed by atoms with E-state index in [1.165, 1.54) is 0 Å². The fourth-order valence-corrected chi connectivity index (χ4v) is 2.08. The van der Waals surface area contributed by atoms with Crippen molar-refractivity contribution >= 4 is 32.4 Å². The second kappa shape index (κ2) is 3.00. The number of nitrogens with zero attached hydrogens (tertiary/aromatic N) is 1. The van der Waals surface area contributed by atoms with Crippen LogP contribution in [0.25, 0.3) is 10.8 Å². The Morgan fingerprint density at radius 1 is 1.31 bits per heavy atom. The number of aryl methyl sites for hydroxylation is 1. The van der Waals surface area contributed by atoms with Crippen LogP contribution >= 0.6 is 15.9 Å². The Hall–Kier alpha value is -1.09. The Kier molecular flexibility index (Phi) is 1.96. The fraction of sp³-hybridized carbons (Fsp3) is 0.100. The first-order valence-electron chi connectivity index (χ1n) is 3.99. The van der Waals surface area contributed by atoms with E-state index in [9.17, 15) is 0 Å². The van der Waals surface area contributed by atoms with Crippen LogP contribution < -0.4 is 5.73 Å². The number of benzene rings is 1. The van der Waals surface area contributed by atoms with Gasteiger partial charge in [0.25, 0.3) is 0 Å². The van der Waals surface area contributed by atoms with Crippen LogP contribution in [-0.4, -0.2) is 4.98 Å². The van der Waals surface area contributed by atoms with Crippen LogP contribution in [0.1, 0.15) is 5.69 Å². The molecule has 2 rings (SSSR count). The standard InChI is InChI=1S/C10H9BrN2/c1-6-10-7(4-5-13-6)9(12)3-2-8(10)11/h2-5H,12H2,1H3. The molecule has 3 heteroatoms. The van der Waals surface area contributed by atoms with E-state index in [1.807, 2.05) is 25.1 Å². The number of halogens is 1. The van der Waals surface area contributed by atoms with Crippen LogP contribution in [0.3, 0.4) is 0 Å². The van der Waals surface area contributed by atoms with Gasteiger partial charge in [0.15, 0.2) is 0 Å². The molecule has 0 atom stereocenters. The van der Waals surface area contributed by atoms with Gasteiger partial charge in [-0.2, -0.15) is 0 Å². The minimum Gasteiger partial charge on any atom is -0.398 e. The molecule has 0 fully saturated rings. The molecule has 1 aromatic heterocycles. The van der Waals surface area contributed by atoms with Crippen molar-refractivity contribution in [2.24, 2.45) is 0 Å². The number of hydrogen-bond acceptors (Lipinski definition) is 2. The highest BCUT2D eigenvalue weighted by Crippen LogP contribution is 2.29. The van der Waals surface area contributed by atoms with Crippen molar-refractivity contribution in [1.82, 2.24) is 4.98 Å². The maximum atomic E-state index is 5.85. The molecule has 0 spiro atoms. The van der Waals surface area contributed by atoms with Gasteiger partial charge in [0.1, 0.15) is 0 Å². The van der Waals surface area contributed by atoms with Gasteiger partial charge in [-0.15, -0.1) is 0 Å². The summed E-state index contributed by atoms with van der Waals surface area (Å²) in [6, 6.07) is 5.78. The van der Waals surface area contributed by atoms with Gasteiger partial charge in [-0.3, -0.25) is 4.98 Å². The Bertz CT molecular complexity index is 457. The van der Waals surface area contributed by atoms with E-state index in [2.05, 4.69) is 20.9 Å². The van der Waals surface area contributed by atoms with E-state index in [0.29, 0.717) is 0 Å². The summed E-state index contributed by atoms with van der Waals surface area (Å²) in [4.78, 5) is 4.22. The normalized spacial score (nSPS) is 10.6. The lowest BCUT2D eigenvalue weighted by atomic mass is 10.1. The van der Waals surface area contributed by atoms with Gasteiger partial charge < -0.3 is 5.73 Å². The van der Waals surface area contributed by atoms with Gasteiger partial charge in [-0.05, 0) is 25.1 Å². The average Bonchev–Trinajstić information content (AvgIpc) is 2.12. The second-order valence-electron chi connectivity index (χ2n) is 2.96. The molecule has 0 saturated carbocycles. The smallest absolute Gasteiger partial charge is 0.0463 e. The fourth-order valence-electron chi connectivity index (χ4n) is 1.44. The Balaban J connectivity index is 3.00. The lowest BCUT2D eigenvalue weighted by molar-refractivity contribution is 1.23. The number of pyridine rings is 1. The second-order valence-corrected chi connectivity index (χ2v) is 3.81. The van der Waals surface area contributed by atoms with Crippen LogP contribution in [0.2, 0.25) is 0 Å². The van der Waals surface area contributed by atoms with Crippen molar-refractivity contribution in [1.29, 1.82) is 0 Å². The van der Waals surface area contributed by atoms with Crippen LogP contribution in [-0.2, 0) is 0 Å². The minimum absolute atomic E-state index is 0.795. The van der Waals surface area contributed by atoms with Crippen molar-refractivity contribution < 1.29 is 0 Å². The van der Waals surface area contributed by atoms with Gasteiger partial charge >= 0.3 is 0 Å². The number of fused-ring (bicyclic) bond motifs is 1. The maximum Gasteiger partial charge on any atom is 0.0463 e. The molecule has 0 radical (unpaired) electrons. The topological polar surface area (TPSA) is 38.9 Å². The van der Waals surface area contributed by atoms with Crippen molar-refractivity contribution in [3.63, 3.8) is 0 Å². The lowest BCUT2D eigenvalue weighted by Crippen LogP contribution is -1.90. The highest BCUT2D eigenvalue weighted by Gasteiger charge is 2.04. The first-order chi connectivity index (χ1) is 6.20. The molecule has 0 bridgehead atoms. The molecule has 0 aliphatic heterocycles. The molecule has 66 valence electrons. The summed E-state index contributed by atoms with van der Waals surface area (Å²) in [5.41, 5.74) is 7.64. The predicted molar refractivity (Wildman–Crippen MR) is 58.6 cm³/mol. The highest BCUT2D eigenvalue weighted by molar-refractivity contribution is 9.10. The van der Waals surface area contributed by atoms with Crippen molar-refractivity contribution in [3.05, 3.63) is 34.6 Å². The summed E-state index contributed by atoms with van der Waals surface area (Å²) in [5.74, 6) is 0. The number of anilines is 1. The largest absolute Gasteiger partial charge is 0.398 e. The number of nitrogen functional groups attached to an aromatic ring is 1. The predicted octanol–water partition coefficient (Wildman–Crippen LogP) is 2.89. The third-order valence-electron chi connectivity index (χ3n) is 2.10. The van der Waals surface area contributed by atoms with E-state index < -0.39 is 0 Å². The number of rotatable bonds is 0. The zero-order chi connectivity index (χ0) is 9.42. The monoisotopic (exact) mass is 236 g/mol. The van der Waals surface area contributed by atoms with Gasteiger partial charge in [0.05, 0.1) is 0 Å². The lowest BCUT2D eigenvalue weighted by Gasteiger charge is -2.05. The van der Waals surface area contributed by atoms with Crippen molar-refractivity contribution in [2.75, 3.05) is 5.73 Å². The zero-order valence-electron chi connectivity index (χ0n) is 7.21. The van der Waals surface area contributed by atoms with E-state index in [1.54, 1.807) is 6.20 Å². The first-order valence-corrected chi connectivity index (χ1v) is 4.79. The van der Waals surface area contributed by atoms with Crippen LogP contribution in [0, 0.1) is 6.92 Å². The summed E-state index contributed by atoms with van der Waals surface area (Å²) < 4.78 is 1.04. The molecule has 0 saturated heterocycles. The summed E-state index contributed by atoms with van der Waals surface area (Å²) in [6.45, 7) is 1.98. The summed E-state index contributed by atoms with van der Waals surface area (Å²) >= 11 is 3.49. The molecule has 13 heavy (non-hydrogen) atoms. The van der Waals surface area contributed by atoms with Crippen molar-refractivity contribution in [3.8, 4) is 0 Å². The Labute approximate surface area is 84.9 Å². The third-order valence-corrected chi connectivity index (χ3v) is 2.76. The minimum atomic E-state index is 0.795. The number of hydrogen-bond donors (Lipinski definition) is 1. The van der Waals surface area contributed by atoms with Crippen LogP contribution in [0.15, 0.2) is 28.9 Å². The van der Waals surface area contributed by atoms with E-state index >= 15 is 0 Å². The molecule has 0 aliphatic rings. The summed E-state index contributed by atoms with van der Waals surface area (Å²) in [7, 11) is 0. The van der Waals surface area contributed by atoms with Gasteiger partial charge in [0, 0.05) is 32.8 Å². The van der Waals surface area contributed by atoms with Crippen molar-refractivity contribution in [2.45, 2.75) is 6.92 Å². The third kappa shape index (κ3) is 1.29. The van der Waals surface area contributed by atoms with Gasteiger partial charge in [-0.1, -0.05) is 15.9 Å². The molecule has 1 heterocycles. The van der Waals surface area contributed by atoms with Gasteiger partial charge in [0.2, 0.25) is 0 Å². The zero-order valence-corrected chi connectivity index (χ0v) is 8.80.